The fourth-order valence-electron chi connectivity index (χ4n) is 4.79. The molecule has 6 nitrogen and oxygen atoms in total. The molecule has 1 unspecified atom stereocenters. The fraction of sp³-hybridized carbons (Fsp3) is 0.241. The highest BCUT2D eigenvalue weighted by molar-refractivity contribution is 5.99. The highest BCUT2D eigenvalue weighted by atomic mass is 16.5. The van der Waals surface area contributed by atoms with E-state index >= 15 is 0 Å². The number of carbonyl (C=O) groups excluding carboxylic acids is 2. The average molecular weight is 468 g/mol. The van der Waals surface area contributed by atoms with Crippen LogP contribution in [0.4, 0.5) is 0 Å². The lowest BCUT2D eigenvalue weighted by Gasteiger charge is -2.24. The molecule has 1 aromatic heterocycles. The molecule has 1 N–H and O–H groups in total. The monoisotopic (exact) mass is 467 g/mol. The molecule has 4 aromatic rings. The van der Waals surface area contributed by atoms with Crippen LogP contribution in [0.25, 0.3) is 10.9 Å². The Kier molecular flexibility index (Phi) is 6.64. The Morgan fingerprint density at radius 3 is 2.63 bits per heavy atom. The zero-order valence-electron chi connectivity index (χ0n) is 19.8. The fourth-order valence-corrected chi connectivity index (χ4v) is 4.79. The van der Waals surface area contributed by atoms with Crippen molar-refractivity contribution in [1.29, 1.82) is 0 Å². The normalized spacial score (nSPS) is 13.7. The molecule has 178 valence electrons. The number of methoxy groups -OCH3 is 1. The Labute approximate surface area is 205 Å². The van der Waals surface area contributed by atoms with E-state index in [1.807, 2.05) is 77.8 Å². The zero-order valence-corrected chi connectivity index (χ0v) is 19.8. The van der Waals surface area contributed by atoms with E-state index in [9.17, 15) is 9.59 Å². The van der Waals surface area contributed by atoms with E-state index in [2.05, 4.69) is 22.0 Å². The first-order valence-electron chi connectivity index (χ1n) is 11.9. The second-order valence-electron chi connectivity index (χ2n) is 8.94. The van der Waals surface area contributed by atoms with Gasteiger partial charge in [-0.2, -0.15) is 0 Å². The number of ether oxygens (including phenoxy) is 1. The smallest absolute Gasteiger partial charge is 0.254 e. The Morgan fingerprint density at radius 2 is 1.83 bits per heavy atom. The first kappa shape index (κ1) is 22.9. The summed E-state index contributed by atoms with van der Waals surface area (Å²) >= 11 is 0. The second-order valence-corrected chi connectivity index (χ2v) is 8.94. The molecule has 2 heterocycles. The highest BCUT2D eigenvalue weighted by Gasteiger charge is 2.29. The third-order valence-corrected chi connectivity index (χ3v) is 6.69. The predicted molar refractivity (Wildman–Crippen MR) is 137 cm³/mol. The number of fused-ring (bicyclic) bond motifs is 2. The van der Waals surface area contributed by atoms with Gasteiger partial charge in [0.2, 0.25) is 0 Å². The van der Waals surface area contributed by atoms with Gasteiger partial charge in [0.25, 0.3) is 11.8 Å². The van der Waals surface area contributed by atoms with Crippen molar-refractivity contribution in [2.45, 2.75) is 19.0 Å². The third-order valence-electron chi connectivity index (χ3n) is 6.69. The number of hydrogen-bond acceptors (Lipinski definition) is 3. The van der Waals surface area contributed by atoms with Crippen LogP contribution >= 0.6 is 0 Å². The number of nitrogens with zero attached hydrogens (tertiary/aromatic N) is 2. The summed E-state index contributed by atoms with van der Waals surface area (Å²) in [6.07, 6.45) is 2.02. The molecule has 0 bridgehead atoms. The molecule has 1 aliphatic heterocycles. The number of nitrogens with one attached hydrogen (secondary N) is 1. The van der Waals surface area contributed by atoms with Gasteiger partial charge in [-0.25, -0.2) is 0 Å². The maximum atomic E-state index is 13.1. The maximum Gasteiger partial charge on any atom is 0.254 e. The number of benzene rings is 3. The first-order valence-corrected chi connectivity index (χ1v) is 11.9. The van der Waals surface area contributed by atoms with Gasteiger partial charge >= 0.3 is 0 Å². The molecule has 0 saturated carbocycles. The van der Waals surface area contributed by atoms with E-state index in [4.69, 9.17) is 4.74 Å². The minimum atomic E-state index is -0.117. The van der Waals surface area contributed by atoms with Crippen LogP contribution in [0.2, 0.25) is 0 Å². The minimum absolute atomic E-state index is 0.0164. The topological polar surface area (TPSA) is 63.6 Å². The summed E-state index contributed by atoms with van der Waals surface area (Å²) < 4.78 is 7.30. The van der Waals surface area contributed by atoms with E-state index in [1.165, 1.54) is 0 Å². The lowest BCUT2D eigenvalue weighted by atomic mass is 9.98. The van der Waals surface area contributed by atoms with Gasteiger partial charge in [0.15, 0.2) is 0 Å². The van der Waals surface area contributed by atoms with Crippen LogP contribution in [0.15, 0.2) is 85.1 Å². The number of amides is 2. The molecule has 1 atom stereocenters. The van der Waals surface area contributed by atoms with Gasteiger partial charge in [0, 0.05) is 67.4 Å². The van der Waals surface area contributed by atoms with E-state index in [-0.39, 0.29) is 17.7 Å². The molecule has 0 radical (unpaired) electrons. The van der Waals surface area contributed by atoms with Gasteiger partial charge in [-0.1, -0.05) is 48.5 Å². The Hall–Kier alpha value is -3.90. The molecule has 0 saturated heterocycles. The lowest BCUT2D eigenvalue weighted by Crippen LogP contribution is -2.36. The molecule has 35 heavy (non-hydrogen) atoms. The molecule has 1 aliphatic rings. The van der Waals surface area contributed by atoms with Crippen LogP contribution in [0, 0.1) is 0 Å². The van der Waals surface area contributed by atoms with Crippen molar-refractivity contribution in [1.82, 2.24) is 14.8 Å². The largest absolute Gasteiger partial charge is 0.383 e. The van der Waals surface area contributed by atoms with Crippen LogP contribution < -0.4 is 5.32 Å². The quantitative estimate of drug-likeness (QED) is 0.395. The van der Waals surface area contributed by atoms with Gasteiger partial charge < -0.3 is 19.5 Å². The summed E-state index contributed by atoms with van der Waals surface area (Å²) in [6, 6.07) is 25.6. The van der Waals surface area contributed by atoms with E-state index < -0.39 is 0 Å². The van der Waals surface area contributed by atoms with Crippen LogP contribution in [-0.2, 0) is 17.8 Å². The minimum Gasteiger partial charge on any atom is -0.383 e. The molecular weight excluding hydrogens is 438 g/mol. The van der Waals surface area contributed by atoms with E-state index in [0.717, 1.165) is 34.1 Å². The number of aromatic nitrogens is 1. The van der Waals surface area contributed by atoms with Gasteiger partial charge in [-0.15, -0.1) is 0 Å². The summed E-state index contributed by atoms with van der Waals surface area (Å²) in [5, 5.41) is 4.13. The summed E-state index contributed by atoms with van der Waals surface area (Å²) in [5.74, 6) is -0.0814. The molecule has 3 aromatic carbocycles. The third kappa shape index (κ3) is 4.84. The Morgan fingerprint density at radius 1 is 1.03 bits per heavy atom. The van der Waals surface area contributed by atoms with Crippen molar-refractivity contribution in [3.63, 3.8) is 0 Å². The molecule has 5 rings (SSSR count). The highest BCUT2D eigenvalue weighted by Crippen LogP contribution is 2.26. The number of carbonyl (C=O) groups is 2. The molecular formula is C29H29N3O3. The lowest BCUT2D eigenvalue weighted by molar-refractivity contribution is 0.0767. The van der Waals surface area contributed by atoms with Crippen molar-refractivity contribution >= 4 is 22.7 Å². The molecule has 6 heteroatoms. The average Bonchev–Trinajstić information content (AvgIpc) is 3.45. The van der Waals surface area contributed by atoms with Crippen molar-refractivity contribution in [2.24, 2.45) is 0 Å². The molecule has 0 fully saturated rings. The zero-order chi connectivity index (χ0) is 24.2. The molecule has 0 spiro atoms. The van der Waals surface area contributed by atoms with Crippen molar-refractivity contribution < 1.29 is 14.3 Å². The molecule has 0 aliphatic carbocycles. The maximum absolute atomic E-state index is 13.1. The Balaban J connectivity index is 1.29. The second kappa shape index (κ2) is 10.2. The van der Waals surface area contributed by atoms with Gasteiger partial charge in [-0.05, 0) is 41.5 Å². The standard InChI is InChI=1S/C29H29N3O3/c1-35-16-15-31-14-13-22-17-23(11-12-27(22)31)28(33)30-18-25(21-7-3-2-4-8-21)20-32-19-24-9-5-6-10-26(24)29(32)34/h2-14,17,25H,15-16,18-20H2,1H3,(H,30,33). The molecule has 2 amide bonds. The number of hydrogen-bond donors (Lipinski definition) is 1. The van der Waals surface area contributed by atoms with Crippen molar-refractivity contribution in [3.05, 3.63) is 107 Å². The van der Waals surface area contributed by atoms with Gasteiger partial charge in [-0.3, -0.25) is 9.59 Å². The van der Waals surface area contributed by atoms with E-state index in [0.29, 0.717) is 31.8 Å². The van der Waals surface area contributed by atoms with Crippen molar-refractivity contribution in [3.8, 4) is 0 Å². The van der Waals surface area contributed by atoms with Gasteiger partial charge in [0.1, 0.15) is 0 Å². The summed E-state index contributed by atoms with van der Waals surface area (Å²) in [7, 11) is 1.69. The predicted octanol–water partition coefficient (Wildman–Crippen LogP) is 4.46. The summed E-state index contributed by atoms with van der Waals surface area (Å²) in [5.41, 5.74) is 4.63. The van der Waals surface area contributed by atoms with Crippen LogP contribution in [0.5, 0.6) is 0 Å². The SMILES string of the molecule is COCCn1ccc2cc(C(=O)NCC(CN3Cc4ccccc4C3=O)c3ccccc3)ccc21. The Bertz CT molecular complexity index is 1350. The van der Waals surface area contributed by atoms with Crippen LogP contribution in [0.3, 0.4) is 0 Å². The summed E-state index contributed by atoms with van der Waals surface area (Å²) in [4.78, 5) is 27.9. The van der Waals surface area contributed by atoms with E-state index in [1.54, 1.807) is 7.11 Å². The first-order chi connectivity index (χ1) is 17.1. The van der Waals surface area contributed by atoms with Gasteiger partial charge in [0.05, 0.1) is 6.61 Å². The number of rotatable bonds is 9. The van der Waals surface area contributed by atoms with Crippen molar-refractivity contribution in [2.75, 3.05) is 26.8 Å². The van der Waals surface area contributed by atoms with Crippen LogP contribution in [0.1, 0.15) is 37.8 Å². The summed E-state index contributed by atoms with van der Waals surface area (Å²) in [6.45, 7) is 2.99. The van der Waals surface area contributed by atoms with Crippen LogP contribution in [-0.4, -0.2) is 48.1 Å².